The topological polar surface area (TPSA) is 135 Å². The van der Waals surface area contributed by atoms with Crippen LogP contribution in [0.2, 0.25) is 0 Å². The number of thioether (sulfide) groups is 1. The number of hydrogen-bond acceptors (Lipinski definition) is 6. The average Bonchev–Trinajstić information content (AvgIpc) is 2.81. The summed E-state index contributed by atoms with van der Waals surface area (Å²) in [6.45, 7) is 5.42. The number of anilines is 2. The Kier molecular flexibility index (Phi) is 5.30. The van der Waals surface area contributed by atoms with E-state index in [-0.39, 0.29) is 22.9 Å². The molecule has 0 spiro atoms. The molecule has 2 heterocycles. The Morgan fingerprint density at radius 1 is 1.40 bits per heavy atom. The Balaban J connectivity index is 2.21. The van der Waals surface area contributed by atoms with E-state index < -0.39 is 5.25 Å². The normalized spacial score (nSPS) is 11.4. The minimum absolute atomic E-state index is 0.163. The Morgan fingerprint density at radius 2 is 2.04 bits per heavy atom. The number of nitrogens with one attached hydrogen (secondary N) is 2. The van der Waals surface area contributed by atoms with Crippen molar-refractivity contribution in [3.8, 4) is 12.1 Å². The van der Waals surface area contributed by atoms with Gasteiger partial charge in [0.1, 0.15) is 23.3 Å². The number of aromatic amines is 1. The Labute approximate surface area is 149 Å². The van der Waals surface area contributed by atoms with Crippen molar-refractivity contribution in [2.24, 2.45) is 7.05 Å². The molecular formula is C16H18N7OS+. The molecule has 2 rings (SSSR count). The number of amides is 1. The van der Waals surface area contributed by atoms with Crippen molar-refractivity contribution in [1.29, 1.82) is 10.5 Å². The third-order valence-corrected chi connectivity index (χ3v) is 4.86. The zero-order valence-electron chi connectivity index (χ0n) is 14.3. The van der Waals surface area contributed by atoms with Crippen molar-refractivity contribution in [2.75, 3.05) is 11.1 Å². The minimum Gasteiger partial charge on any atom is -0.322 e. The molecule has 0 radical (unpaired) electrons. The summed E-state index contributed by atoms with van der Waals surface area (Å²) in [5.41, 5.74) is 8.50. The summed E-state index contributed by atoms with van der Waals surface area (Å²) in [5.74, 6) is -0.0556. The number of nitriles is 2. The van der Waals surface area contributed by atoms with E-state index in [0.717, 1.165) is 11.4 Å². The molecule has 0 aliphatic carbocycles. The maximum absolute atomic E-state index is 12.5. The highest BCUT2D eigenvalue weighted by Gasteiger charge is 2.23. The predicted molar refractivity (Wildman–Crippen MR) is 93.5 cm³/mol. The number of nitrogens with zero attached hydrogens (tertiary/aromatic N) is 4. The van der Waals surface area contributed by atoms with Crippen molar-refractivity contribution >= 4 is 29.2 Å². The van der Waals surface area contributed by atoms with Crippen molar-refractivity contribution in [1.82, 2.24) is 9.78 Å². The summed E-state index contributed by atoms with van der Waals surface area (Å²) in [4.78, 5) is 15.3. The first-order chi connectivity index (χ1) is 11.8. The van der Waals surface area contributed by atoms with Gasteiger partial charge in [0.15, 0.2) is 5.03 Å². The zero-order chi connectivity index (χ0) is 18.7. The summed E-state index contributed by atoms with van der Waals surface area (Å²) in [6, 6.07) is 5.34. The average molecular weight is 356 g/mol. The van der Waals surface area contributed by atoms with Crippen LogP contribution >= 0.6 is 11.8 Å². The lowest BCUT2D eigenvalue weighted by atomic mass is 10.2. The van der Waals surface area contributed by atoms with Gasteiger partial charge < -0.3 is 5.32 Å². The highest BCUT2D eigenvalue weighted by Crippen LogP contribution is 2.26. The molecule has 0 bridgehead atoms. The Bertz CT molecular complexity index is 920. The summed E-state index contributed by atoms with van der Waals surface area (Å²) >= 11 is 1.17. The largest absolute Gasteiger partial charge is 0.322 e. The summed E-state index contributed by atoms with van der Waals surface area (Å²) in [6.07, 6.45) is 0. The second-order valence-electron chi connectivity index (χ2n) is 5.48. The lowest BCUT2D eigenvalue weighted by Crippen LogP contribution is -2.25. The van der Waals surface area contributed by atoms with E-state index in [1.54, 1.807) is 11.6 Å². The van der Waals surface area contributed by atoms with Crippen LogP contribution in [0.3, 0.4) is 0 Å². The van der Waals surface area contributed by atoms with Gasteiger partial charge in [-0.3, -0.25) is 15.2 Å². The molecule has 9 heteroatoms. The van der Waals surface area contributed by atoms with Crippen molar-refractivity contribution in [3.63, 3.8) is 0 Å². The molecule has 1 atom stereocenters. The lowest BCUT2D eigenvalue weighted by molar-refractivity contribution is -0.410. The zero-order valence-corrected chi connectivity index (χ0v) is 15.2. The number of rotatable bonds is 4. The summed E-state index contributed by atoms with van der Waals surface area (Å²) < 4.78 is 1.70. The molecule has 8 nitrogen and oxygen atoms in total. The van der Waals surface area contributed by atoms with Gasteiger partial charge in [-0.15, -0.1) is 0 Å². The van der Waals surface area contributed by atoms with Crippen LogP contribution in [0.15, 0.2) is 11.1 Å². The highest BCUT2D eigenvalue weighted by atomic mass is 32.2. The fourth-order valence-electron chi connectivity index (χ4n) is 2.22. The fraction of sp³-hybridized carbons (Fsp3) is 0.312. The van der Waals surface area contributed by atoms with Gasteiger partial charge in [-0.05, 0) is 26.8 Å². The van der Waals surface area contributed by atoms with Crippen LogP contribution in [-0.4, -0.2) is 20.9 Å². The third kappa shape index (κ3) is 3.73. The molecule has 25 heavy (non-hydrogen) atoms. The van der Waals surface area contributed by atoms with Gasteiger partial charge in [0, 0.05) is 7.05 Å². The first-order valence-corrected chi connectivity index (χ1v) is 8.30. The first-order valence-electron chi connectivity index (χ1n) is 7.42. The smallest absolute Gasteiger partial charge is 0.289 e. The number of pyridine rings is 1. The van der Waals surface area contributed by atoms with Crippen molar-refractivity contribution in [2.45, 2.75) is 31.0 Å². The third-order valence-electron chi connectivity index (χ3n) is 3.73. The van der Waals surface area contributed by atoms with Crippen molar-refractivity contribution < 1.29 is 9.78 Å². The summed E-state index contributed by atoms with van der Waals surface area (Å²) in [5, 5.41) is 25.3. The molecule has 0 saturated heterocycles. The molecule has 2 aromatic rings. The van der Waals surface area contributed by atoms with Crippen LogP contribution in [0.1, 0.15) is 29.4 Å². The minimum atomic E-state index is -0.491. The van der Waals surface area contributed by atoms with E-state index >= 15 is 0 Å². The standard InChI is InChI=1S/C16H17N7OS/c1-8-13(9(2)23(4)22-8)20-15(24)10(3)25-16-12(7-18)5-11(6-17)14(19)21-16/h5,10H,1-4H3,(H2,19,21)(H,20,24)/p+1/t10-/m1/s1. The van der Waals surface area contributed by atoms with Gasteiger partial charge in [0.25, 0.3) is 5.82 Å². The number of H-pyrrole nitrogens is 1. The van der Waals surface area contributed by atoms with Gasteiger partial charge >= 0.3 is 0 Å². The molecule has 0 fully saturated rings. The molecule has 2 aromatic heterocycles. The molecular weight excluding hydrogens is 338 g/mol. The van der Waals surface area contributed by atoms with E-state index in [0.29, 0.717) is 10.7 Å². The number of carbonyl (C=O) groups excluding carboxylic acids is 1. The van der Waals surface area contributed by atoms with Gasteiger partial charge in [-0.25, -0.2) is 4.98 Å². The Hall–Kier alpha value is -3.04. The number of aromatic nitrogens is 3. The molecule has 0 aromatic carbocycles. The summed E-state index contributed by atoms with van der Waals surface area (Å²) in [7, 11) is 1.81. The fourth-order valence-corrected chi connectivity index (χ4v) is 3.14. The molecule has 0 aliphatic heterocycles. The number of hydrogen-bond donors (Lipinski definition) is 2. The molecule has 0 unspecified atom stereocenters. The molecule has 0 aliphatic rings. The highest BCUT2D eigenvalue weighted by molar-refractivity contribution is 8.00. The maximum Gasteiger partial charge on any atom is 0.289 e. The number of nitrogen functional groups attached to an aromatic ring is 1. The van der Waals surface area contributed by atoms with E-state index in [4.69, 9.17) is 11.0 Å². The van der Waals surface area contributed by atoms with Crippen LogP contribution in [0, 0.1) is 36.5 Å². The monoisotopic (exact) mass is 356 g/mol. The maximum atomic E-state index is 12.5. The quantitative estimate of drug-likeness (QED) is 0.793. The van der Waals surface area contributed by atoms with E-state index in [9.17, 15) is 10.1 Å². The lowest BCUT2D eigenvalue weighted by Gasteiger charge is -2.12. The van der Waals surface area contributed by atoms with Gasteiger partial charge in [0.2, 0.25) is 5.91 Å². The second-order valence-corrected chi connectivity index (χ2v) is 6.83. The molecule has 0 saturated carbocycles. The first kappa shape index (κ1) is 18.3. The van der Waals surface area contributed by atoms with Crippen molar-refractivity contribution in [3.05, 3.63) is 28.6 Å². The van der Waals surface area contributed by atoms with Crippen LogP contribution in [-0.2, 0) is 11.8 Å². The number of aryl methyl sites for hydroxylation is 2. The van der Waals surface area contributed by atoms with Crippen LogP contribution in [0.5, 0.6) is 0 Å². The van der Waals surface area contributed by atoms with Gasteiger partial charge in [-0.2, -0.15) is 15.6 Å². The van der Waals surface area contributed by atoms with Crippen LogP contribution in [0.25, 0.3) is 0 Å². The van der Waals surface area contributed by atoms with E-state index in [1.807, 2.05) is 33.0 Å². The number of carbonyl (C=O) groups is 1. The predicted octanol–water partition coefficient (Wildman–Crippen LogP) is 1.30. The Morgan fingerprint density at radius 3 is 2.56 bits per heavy atom. The number of nitrogens with two attached hydrogens (primary N) is 1. The SMILES string of the molecule is Cc1nn(C)c(C)c1NC(=O)[C@@H](C)Sc1[nH+]c(N)c(C#N)cc1C#N. The molecule has 1 amide bonds. The van der Waals surface area contributed by atoms with E-state index in [1.165, 1.54) is 17.8 Å². The molecule has 128 valence electrons. The molecule has 4 N–H and O–H groups in total. The van der Waals surface area contributed by atoms with Crippen LogP contribution in [0.4, 0.5) is 11.5 Å². The van der Waals surface area contributed by atoms with Gasteiger partial charge in [0.05, 0.1) is 22.3 Å². The van der Waals surface area contributed by atoms with Gasteiger partial charge in [-0.1, -0.05) is 11.8 Å². The van der Waals surface area contributed by atoms with E-state index in [2.05, 4.69) is 15.4 Å². The second kappa shape index (κ2) is 7.24. The van der Waals surface area contributed by atoms with Crippen LogP contribution < -0.4 is 16.0 Å².